The van der Waals surface area contributed by atoms with Crippen LogP contribution in [-0.2, 0) is 0 Å². The Bertz CT molecular complexity index is 947. The lowest BCUT2D eigenvalue weighted by Gasteiger charge is -2.09. The molecule has 0 saturated heterocycles. The summed E-state index contributed by atoms with van der Waals surface area (Å²) < 4.78 is 0. The van der Waals surface area contributed by atoms with Crippen molar-refractivity contribution in [3.63, 3.8) is 0 Å². The number of hydrogen-bond donors (Lipinski definition) is 0. The van der Waals surface area contributed by atoms with E-state index in [1.165, 1.54) is 38.8 Å². The number of aryl methyl sites for hydroxylation is 2. The molecule has 0 amide bonds. The number of nitrogens with zero attached hydrogens (tertiary/aromatic N) is 1. The van der Waals surface area contributed by atoms with E-state index in [1.807, 2.05) is 18.3 Å². The summed E-state index contributed by atoms with van der Waals surface area (Å²) in [4.78, 5) is 4.67. The predicted molar refractivity (Wildman–Crippen MR) is 94.3 cm³/mol. The van der Waals surface area contributed by atoms with Crippen LogP contribution in [0.25, 0.3) is 21.9 Å². The number of aromatic nitrogens is 1. The molecule has 0 N–H and O–H groups in total. The Hall–Kier alpha value is -2.12. The zero-order valence-corrected chi connectivity index (χ0v) is 13.6. The van der Waals surface area contributed by atoms with Gasteiger partial charge in [-0.25, -0.2) is 0 Å². The first-order valence-corrected chi connectivity index (χ1v) is 7.81. The SMILES string of the molecule is CC1=C(c2cc(C)cc(C)c2)c2nccc3cc(Cl)cc1c23. The molecule has 22 heavy (non-hydrogen) atoms. The van der Waals surface area contributed by atoms with Gasteiger partial charge in [-0.1, -0.05) is 40.9 Å². The molecule has 0 radical (unpaired) electrons. The summed E-state index contributed by atoms with van der Waals surface area (Å²) in [6, 6.07) is 12.8. The average molecular weight is 306 g/mol. The molecule has 0 bridgehead atoms. The molecule has 108 valence electrons. The molecular weight excluding hydrogens is 290 g/mol. The lowest BCUT2D eigenvalue weighted by molar-refractivity contribution is 1.30. The van der Waals surface area contributed by atoms with Crippen LogP contribution in [0.1, 0.15) is 34.9 Å². The summed E-state index contributed by atoms with van der Waals surface area (Å²) in [5.41, 5.74) is 8.56. The minimum Gasteiger partial charge on any atom is -0.256 e. The monoisotopic (exact) mass is 305 g/mol. The Labute approximate surface area is 135 Å². The van der Waals surface area contributed by atoms with E-state index in [4.69, 9.17) is 11.6 Å². The standard InChI is InChI=1S/C20H16ClN/c1-11-6-12(2)8-15(7-11)18-13(3)17-10-16(21)9-14-4-5-22-20(18)19(14)17/h4-10H,1-3H3. The van der Waals surface area contributed by atoms with E-state index < -0.39 is 0 Å². The summed E-state index contributed by atoms with van der Waals surface area (Å²) in [7, 11) is 0. The lowest BCUT2D eigenvalue weighted by atomic mass is 9.97. The van der Waals surface area contributed by atoms with E-state index in [2.05, 4.69) is 50.0 Å². The van der Waals surface area contributed by atoms with Gasteiger partial charge in [-0.05, 0) is 61.1 Å². The second-order valence-corrected chi connectivity index (χ2v) is 6.52. The largest absolute Gasteiger partial charge is 0.256 e. The first kappa shape index (κ1) is 13.5. The van der Waals surface area contributed by atoms with Crippen molar-refractivity contribution >= 4 is 33.5 Å². The van der Waals surface area contributed by atoms with Crippen molar-refractivity contribution in [1.29, 1.82) is 0 Å². The summed E-state index contributed by atoms with van der Waals surface area (Å²) >= 11 is 6.29. The average Bonchev–Trinajstić information content (AvgIpc) is 2.72. The number of pyridine rings is 1. The Balaban J connectivity index is 2.08. The zero-order chi connectivity index (χ0) is 15.4. The van der Waals surface area contributed by atoms with Gasteiger partial charge in [-0.2, -0.15) is 0 Å². The summed E-state index contributed by atoms with van der Waals surface area (Å²) in [5.74, 6) is 0. The van der Waals surface area contributed by atoms with Crippen LogP contribution in [0.15, 0.2) is 42.6 Å². The fourth-order valence-electron chi connectivity index (χ4n) is 3.55. The number of hydrogen-bond acceptors (Lipinski definition) is 1. The quantitative estimate of drug-likeness (QED) is 0.554. The molecule has 0 spiro atoms. The first-order valence-electron chi connectivity index (χ1n) is 7.43. The molecule has 1 heterocycles. The lowest BCUT2D eigenvalue weighted by Crippen LogP contribution is -1.92. The maximum atomic E-state index is 6.29. The third kappa shape index (κ3) is 1.89. The Morgan fingerprint density at radius 2 is 1.64 bits per heavy atom. The second kappa shape index (κ2) is 4.69. The van der Waals surface area contributed by atoms with Gasteiger partial charge in [0.2, 0.25) is 0 Å². The molecule has 1 aliphatic carbocycles. The van der Waals surface area contributed by atoms with Crippen molar-refractivity contribution in [1.82, 2.24) is 4.98 Å². The van der Waals surface area contributed by atoms with Crippen LogP contribution in [0, 0.1) is 13.8 Å². The van der Waals surface area contributed by atoms with Crippen LogP contribution in [-0.4, -0.2) is 4.98 Å². The van der Waals surface area contributed by atoms with E-state index in [1.54, 1.807) is 0 Å². The molecule has 0 aliphatic heterocycles. The minimum atomic E-state index is 0.778. The van der Waals surface area contributed by atoms with Crippen molar-refractivity contribution in [2.24, 2.45) is 0 Å². The van der Waals surface area contributed by atoms with Gasteiger partial charge >= 0.3 is 0 Å². The molecule has 0 saturated carbocycles. The van der Waals surface area contributed by atoms with Gasteiger partial charge in [-0.3, -0.25) is 4.98 Å². The highest BCUT2D eigenvalue weighted by Crippen LogP contribution is 2.45. The molecule has 4 rings (SSSR count). The third-order valence-electron chi connectivity index (χ3n) is 4.35. The van der Waals surface area contributed by atoms with Crippen LogP contribution in [0.3, 0.4) is 0 Å². The number of allylic oxidation sites excluding steroid dienone is 1. The van der Waals surface area contributed by atoms with Gasteiger partial charge in [0.05, 0.1) is 5.69 Å². The van der Waals surface area contributed by atoms with Crippen molar-refractivity contribution in [2.75, 3.05) is 0 Å². The Kier molecular flexibility index (Phi) is 2.88. The minimum absolute atomic E-state index is 0.778. The fraction of sp³-hybridized carbons (Fsp3) is 0.150. The van der Waals surface area contributed by atoms with Crippen LogP contribution < -0.4 is 0 Å². The van der Waals surface area contributed by atoms with Crippen LogP contribution in [0.4, 0.5) is 0 Å². The maximum absolute atomic E-state index is 6.29. The highest BCUT2D eigenvalue weighted by molar-refractivity contribution is 6.32. The highest BCUT2D eigenvalue weighted by Gasteiger charge is 2.24. The molecule has 1 nitrogen and oxygen atoms in total. The normalized spacial score (nSPS) is 13.3. The molecule has 0 unspecified atom stereocenters. The topological polar surface area (TPSA) is 12.9 Å². The Morgan fingerprint density at radius 3 is 2.36 bits per heavy atom. The van der Waals surface area contributed by atoms with Crippen LogP contribution >= 0.6 is 11.6 Å². The van der Waals surface area contributed by atoms with E-state index in [9.17, 15) is 0 Å². The van der Waals surface area contributed by atoms with Gasteiger partial charge in [-0.15, -0.1) is 0 Å². The van der Waals surface area contributed by atoms with Crippen molar-refractivity contribution < 1.29 is 0 Å². The number of rotatable bonds is 1. The van der Waals surface area contributed by atoms with Gasteiger partial charge in [0.25, 0.3) is 0 Å². The zero-order valence-electron chi connectivity index (χ0n) is 12.9. The predicted octanol–water partition coefficient (Wildman–Crippen LogP) is 5.80. The molecule has 1 aliphatic rings. The Morgan fingerprint density at radius 1 is 0.909 bits per heavy atom. The number of benzene rings is 2. The molecule has 2 aromatic carbocycles. The van der Waals surface area contributed by atoms with E-state index in [0.29, 0.717) is 0 Å². The van der Waals surface area contributed by atoms with Gasteiger partial charge in [0.1, 0.15) is 0 Å². The molecule has 0 atom stereocenters. The smallest absolute Gasteiger partial charge is 0.0795 e. The fourth-order valence-corrected chi connectivity index (χ4v) is 3.78. The van der Waals surface area contributed by atoms with Crippen molar-refractivity contribution in [3.8, 4) is 0 Å². The second-order valence-electron chi connectivity index (χ2n) is 6.09. The molecule has 0 fully saturated rings. The third-order valence-corrected chi connectivity index (χ3v) is 4.57. The summed E-state index contributed by atoms with van der Waals surface area (Å²) in [5, 5.41) is 3.16. The molecule has 1 aromatic heterocycles. The number of halogens is 1. The van der Waals surface area contributed by atoms with E-state index in [-0.39, 0.29) is 0 Å². The highest BCUT2D eigenvalue weighted by atomic mass is 35.5. The molecular formula is C20H16ClN. The van der Waals surface area contributed by atoms with Gasteiger partial charge in [0.15, 0.2) is 0 Å². The van der Waals surface area contributed by atoms with E-state index in [0.717, 1.165) is 16.1 Å². The first-order chi connectivity index (χ1) is 10.5. The maximum Gasteiger partial charge on any atom is 0.0795 e. The summed E-state index contributed by atoms with van der Waals surface area (Å²) in [6.07, 6.45) is 1.87. The van der Waals surface area contributed by atoms with Crippen molar-refractivity contribution in [2.45, 2.75) is 20.8 Å². The molecule has 3 aromatic rings. The molecule has 2 heteroatoms. The summed E-state index contributed by atoms with van der Waals surface area (Å²) in [6.45, 7) is 6.44. The van der Waals surface area contributed by atoms with Gasteiger partial charge < -0.3 is 0 Å². The van der Waals surface area contributed by atoms with Crippen molar-refractivity contribution in [3.05, 3.63) is 75.6 Å². The van der Waals surface area contributed by atoms with Crippen LogP contribution in [0.2, 0.25) is 5.02 Å². The van der Waals surface area contributed by atoms with E-state index >= 15 is 0 Å². The van der Waals surface area contributed by atoms with Crippen LogP contribution in [0.5, 0.6) is 0 Å². The van der Waals surface area contributed by atoms with Gasteiger partial charge in [0, 0.05) is 22.2 Å².